The van der Waals surface area contributed by atoms with Crippen LogP contribution >= 0.6 is 0 Å². The Morgan fingerprint density at radius 2 is 1.71 bits per heavy atom. The Balaban J connectivity index is 3.05. The highest BCUT2D eigenvalue weighted by molar-refractivity contribution is 6.83. The quantitative estimate of drug-likeness (QED) is 0.512. The summed E-state index contributed by atoms with van der Waals surface area (Å²) in [7, 11) is -1.40. The lowest BCUT2D eigenvalue weighted by Crippen LogP contribution is -2.31. The van der Waals surface area contributed by atoms with E-state index in [2.05, 4.69) is 62.3 Å². The van der Waals surface area contributed by atoms with Crippen molar-refractivity contribution < 1.29 is 0 Å². The third-order valence-electron chi connectivity index (χ3n) is 2.72. The first-order valence-electron chi connectivity index (χ1n) is 4.93. The van der Waals surface area contributed by atoms with Crippen LogP contribution in [0.2, 0.25) is 13.1 Å². The van der Waals surface area contributed by atoms with Crippen LogP contribution in [0.5, 0.6) is 0 Å². The second-order valence-electron chi connectivity index (χ2n) is 4.15. The van der Waals surface area contributed by atoms with Crippen LogP contribution in [0, 0.1) is 0 Å². The number of benzene rings is 1. The molecule has 0 aromatic heterocycles. The Kier molecular flexibility index (Phi) is 3.47. The first-order valence-corrected chi connectivity index (χ1v) is 8.08. The van der Waals surface area contributed by atoms with Gasteiger partial charge in [-0.25, -0.2) is 0 Å². The van der Waals surface area contributed by atoms with Crippen molar-refractivity contribution in [2.24, 2.45) is 0 Å². The average molecular weight is 202 g/mol. The lowest BCUT2D eigenvalue weighted by atomic mass is 10.1. The Morgan fingerprint density at radius 1 is 1.14 bits per heavy atom. The Morgan fingerprint density at radius 3 is 2.14 bits per heavy atom. The molecule has 0 nitrogen and oxygen atoms in total. The fourth-order valence-electron chi connectivity index (χ4n) is 1.66. The third kappa shape index (κ3) is 2.24. The molecule has 0 saturated carbocycles. The minimum atomic E-state index is -1.40. The van der Waals surface area contributed by atoms with Gasteiger partial charge in [0.15, 0.2) is 0 Å². The fraction of sp³-hybridized carbons (Fsp3) is 0.231. The molecule has 74 valence electrons. The number of allylic oxidation sites excluding steroid dienone is 1. The predicted molar refractivity (Wildman–Crippen MR) is 67.1 cm³/mol. The van der Waals surface area contributed by atoms with Crippen LogP contribution in [0.25, 0.3) is 0 Å². The molecular formula is C13H18Si. The van der Waals surface area contributed by atoms with Gasteiger partial charge in [-0.2, -0.15) is 0 Å². The van der Waals surface area contributed by atoms with Gasteiger partial charge >= 0.3 is 0 Å². The molecule has 0 N–H and O–H groups in total. The lowest BCUT2D eigenvalue weighted by Gasteiger charge is -2.27. The molecule has 1 aromatic carbocycles. The predicted octanol–water partition coefficient (Wildman–Crippen LogP) is 3.93. The van der Waals surface area contributed by atoms with Crippen LogP contribution in [0.4, 0.5) is 0 Å². The van der Waals surface area contributed by atoms with Crippen LogP contribution in [0.1, 0.15) is 11.1 Å². The molecule has 1 atom stereocenters. The number of hydrogen-bond donors (Lipinski definition) is 0. The molecule has 1 unspecified atom stereocenters. The van der Waals surface area contributed by atoms with E-state index in [1.165, 1.54) is 5.56 Å². The third-order valence-corrected chi connectivity index (χ3v) is 5.95. The highest BCUT2D eigenvalue weighted by atomic mass is 28.3. The summed E-state index contributed by atoms with van der Waals surface area (Å²) in [6.45, 7) is 12.5. The second kappa shape index (κ2) is 4.42. The van der Waals surface area contributed by atoms with E-state index in [1.807, 2.05) is 6.07 Å². The van der Waals surface area contributed by atoms with Crippen LogP contribution in [0.15, 0.2) is 55.3 Å². The van der Waals surface area contributed by atoms with Gasteiger partial charge in [0.05, 0.1) is 8.07 Å². The van der Waals surface area contributed by atoms with Crippen LogP contribution in [-0.4, -0.2) is 8.07 Å². The first kappa shape index (κ1) is 11.0. The van der Waals surface area contributed by atoms with E-state index in [1.54, 1.807) is 0 Å². The fourth-order valence-corrected chi connectivity index (χ4v) is 3.57. The smallest absolute Gasteiger partial charge is 0.0824 e. The summed E-state index contributed by atoms with van der Waals surface area (Å²) in [6.07, 6.45) is 2.06. The van der Waals surface area contributed by atoms with Crippen LogP contribution in [-0.2, 0) is 0 Å². The van der Waals surface area contributed by atoms with Crippen molar-refractivity contribution in [3.8, 4) is 0 Å². The summed E-state index contributed by atoms with van der Waals surface area (Å²) in [5.74, 6) is 0. The highest BCUT2D eigenvalue weighted by Gasteiger charge is 2.27. The summed E-state index contributed by atoms with van der Waals surface area (Å²) in [5.41, 5.74) is 3.96. The number of rotatable bonds is 4. The molecule has 14 heavy (non-hydrogen) atoms. The molecule has 0 heterocycles. The maximum Gasteiger partial charge on any atom is 0.0824 e. The molecule has 1 aromatic rings. The topological polar surface area (TPSA) is 0 Å². The molecule has 0 aliphatic carbocycles. The van der Waals surface area contributed by atoms with E-state index in [-0.39, 0.29) is 0 Å². The summed E-state index contributed by atoms with van der Waals surface area (Å²) in [6, 6.07) is 10.6. The van der Waals surface area contributed by atoms with Gasteiger partial charge in [0.1, 0.15) is 0 Å². The minimum Gasteiger partial charge on any atom is -0.107 e. The normalized spacial score (nSPS) is 13.3. The van der Waals surface area contributed by atoms with Gasteiger partial charge in [0.25, 0.3) is 0 Å². The summed E-state index contributed by atoms with van der Waals surface area (Å²) in [4.78, 5) is 0. The molecule has 0 spiro atoms. The van der Waals surface area contributed by atoms with Gasteiger partial charge < -0.3 is 0 Å². The van der Waals surface area contributed by atoms with E-state index in [9.17, 15) is 0 Å². The Bertz CT molecular complexity index is 311. The van der Waals surface area contributed by atoms with E-state index in [4.69, 9.17) is 0 Å². The van der Waals surface area contributed by atoms with Crippen molar-refractivity contribution in [2.45, 2.75) is 18.6 Å². The summed E-state index contributed by atoms with van der Waals surface area (Å²) >= 11 is 0. The van der Waals surface area contributed by atoms with Crippen LogP contribution in [0.3, 0.4) is 0 Å². The van der Waals surface area contributed by atoms with Crippen LogP contribution < -0.4 is 0 Å². The van der Waals surface area contributed by atoms with E-state index < -0.39 is 8.07 Å². The molecule has 0 amide bonds. The van der Waals surface area contributed by atoms with Crippen molar-refractivity contribution in [3.05, 3.63) is 60.8 Å². The molecule has 0 aliphatic rings. The van der Waals surface area contributed by atoms with Crippen molar-refractivity contribution in [1.29, 1.82) is 0 Å². The van der Waals surface area contributed by atoms with E-state index >= 15 is 0 Å². The molecule has 0 fully saturated rings. The zero-order chi connectivity index (χ0) is 10.6. The zero-order valence-electron chi connectivity index (χ0n) is 9.03. The second-order valence-corrected chi connectivity index (χ2v) is 8.82. The van der Waals surface area contributed by atoms with Gasteiger partial charge in [0, 0.05) is 5.54 Å². The number of hydrogen-bond acceptors (Lipinski definition) is 0. The van der Waals surface area contributed by atoms with Crippen molar-refractivity contribution in [2.75, 3.05) is 0 Å². The summed E-state index contributed by atoms with van der Waals surface area (Å²) < 4.78 is 0. The highest BCUT2D eigenvalue weighted by Crippen LogP contribution is 2.28. The maximum absolute atomic E-state index is 3.94. The minimum absolute atomic E-state index is 0.473. The van der Waals surface area contributed by atoms with E-state index in [0.29, 0.717) is 5.54 Å². The average Bonchev–Trinajstić information content (AvgIpc) is 2.20. The SMILES string of the molecule is C=CC(c1ccccc1)[Si](C)(C)C=C. The molecule has 0 aliphatic heterocycles. The molecule has 0 radical (unpaired) electrons. The first-order chi connectivity index (χ1) is 6.61. The van der Waals surface area contributed by atoms with Gasteiger partial charge in [0.2, 0.25) is 0 Å². The monoisotopic (exact) mass is 202 g/mol. The van der Waals surface area contributed by atoms with Gasteiger partial charge in [-0.05, 0) is 5.56 Å². The Hall–Kier alpha value is -1.08. The Labute approximate surface area is 88.0 Å². The van der Waals surface area contributed by atoms with Crippen molar-refractivity contribution >= 4 is 8.07 Å². The zero-order valence-corrected chi connectivity index (χ0v) is 10.0. The summed E-state index contributed by atoms with van der Waals surface area (Å²) in [5, 5.41) is 0. The largest absolute Gasteiger partial charge is 0.107 e. The maximum atomic E-state index is 3.94. The van der Waals surface area contributed by atoms with Gasteiger partial charge in [-0.15, -0.1) is 18.9 Å². The van der Waals surface area contributed by atoms with Gasteiger partial charge in [-0.3, -0.25) is 0 Å². The van der Waals surface area contributed by atoms with E-state index in [0.717, 1.165) is 0 Å². The molecule has 0 saturated heterocycles. The van der Waals surface area contributed by atoms with Crippen molar-refractivity contribution in [1.82, 2.24) is 0 Å². The molecular weight excluding hydrogens is 184 g/mol. The standard InChI is InChI=1S/C13H18Si/c1-5-13(14(3,4)6-2)12-10-8-7-9-11-12/h5-11,13H,1-2H2,3-4H3. The van der Waals surface area contributed by atoms with Crippen molar-refractivity contribution in [3.63, 3.8) is 0 Å². The molecule has 1 rings (SSSR count). The lowest BCUT2D eigenvalue weighted by molar-refractivity contribution is 1.15. The van der Waals surface area contributed by atoms with Gasteiger partial charge in [-0.1, -0.05) is 49.5 Å². The molecule has 1 heteroatoms. The molecule has 0 bridgehead atoms.